The Balaban J connectivity index is 1.02. The molecule has 1 aliphatic carbocycles. The Hall–Kier alpha value is -3.85. The SMILES string of the molecule is O=C(Cc1ccc(-c2ccc(OCCN3CCN(C(=O)C4CC4(F)F)CC3)cc2)cn1)NCc1ccccc1. The number of hydrogen-bond donors (Lipinski definition) is 1. The van der Waals surface area contributed by atoms with Crippen LogP contribution in [0.3, 0.4) is 0 Å². The first-order valence-corrected chi connectivity index (χ1v) is 13.3. The fourth-order valence-electron chi connectivity index (χ4n) is 4.65. The molecule has 1 aromatic heterocycles. The number of amides is 2. The minimum Gasteiger partial charge on any atom is -0.492 e. The number of piperazine rings is 1. The van der Waals surface area contributed by atoms with Gasteiger partial charge in [-0.2, -0.15) is 0 Å². The Kier molecular flexibility index (Phi) is 8.16. The standard InChI is InChI=1S/C30H32F2N4O3/c31-30(32)19-27(30)29(38)36-14-12-35(13-15-36)16-17-39-26-10-7-23(8-11-26)24-6-9-25(33-21-24)18-28(37)34-20-22-4-2-1-3-5-22/h1-11,21,27H,12-20H2,(H,34,37). The van der Waals surface area contributed by atoms with Gasteiger partial charge in [-0.25, -0.2) is 8.78 Å². The van der Waals surface area contributed by atoms with Crippen LogP contribution in [0.1, 0.15) is 17.7 Å². The van der Waals surface area contributed by atoms with Crippen LogP contribution in [0.2, 0.25) is 0 Å². The highest BCUT2D eigenvalue weighted by Gasteiger charge is 2.62. The number of aromatic nitrogens is 1. The lowest BCUT2D eigenvalue weighted by Crippen LogP contribution is -2.50. The van der Waals surface area contributed by atoms with E-state index in [1.807, 2.05) is 66.7 Å². The van der Waals surface area contributed by atoms with Gasteiger partial charge in [0.25, 0.3) is 5.92 Å². The lowest BCUT2D eigenvalue weighted by Gasteiger charge is -2.34. The molecule has 2 fully saturated rings. The van der Waals surface area contributed by atoms with Crippen molar-refractivity contribution in [3.63, 3.8) is 0 Å². The van der Waals surface area contributed by atoms with Gasteiger partial charge in [-0.3, -0.25) is 19.5 Å². The Morgan fingerprint density at radius 1 is 0.949 bits per heavy atom. The summed E-state index contributed by atoms with van der Waals surface area (Å²) >= 11 is 0. The van der Waals surface area contributed by atoms with Crippen LogP contribution in [0.5, 0.6) is 5.75 Å². The number of hydrogen-bond acceptors (Lipinski definition) is 5. The molecular weight excluding hydrogens is 502 g/mol. The van der Waals surface area contributed by atoms with E-state index in [0.29, 0.717) is 51.6 Å². The van der Waals surface area contributed by atoms with Crippen molar-refractivity contribution in [3.8, 4) is 16.9 Å². The molecule has 2 aromatic carbocycles. The zero-order valence-corrected chi connectivity index (χ0v) is 21.7. The molecule has 3 aromatic rings. The maximum Gasteiger partial charge on any atom is 0.260 e. The summed E-state index contributed by atoms with van der Waals surface area (Å²) in [5.74, 6) is -3.65. The van der Waals surface area contributed by atoms with E-state index in [2.05, 4.69) is 15.2 Å². The van der Waals surface area contributed by atoms with Crippen molar-refractivity contribution < 1.29 is 23.1 Å². The number of carbonyl (C=O) groups is 2. The van der Waals surface area contributed by atoms with E-state index in [1.165, 1.54) is 0 Å². The summed E-state index contributed by atoms with van der Waals surface area (Å²) in [7, 11) is 0. The lowest BCUT2D eigenvalue weighted by atomic mass is 10.1. The van der Waals surface area contributed by atoms with Crippen molar-refractivity contribution in [2.75, 3.05) is 39.3 Å². The van der Waals surface area contributed by atoms with Crippen molar-refractivity contribution in [3.05, 3.63) is 84.2 Å². The van der Waals surface area contributed by atoms with Gasteiger partial charge < -0.3 is 15.0 Å². The molecule has 1 atom stereocenters. The van der Waals surface area contributed by atoms with Crippen LogP contribution in [0.4, 0.5) is 8.78 Å². The molecule has 2 aliphatic rings. The first-order valence-electron chi connectivity index (χ1n) is 13.3. The number of nitrogens with zero attached hydrogens (tertiary/aromatic N) is 3. The molecule has 1 unspecified atom stereocenters. The van der Waals surface area contributed by atoms with E-state index in [-0.39, 0.29) is 18.7 Å². The average Bonchev–Trinajstić information content (AvgIpc) is 3.61. The van der Waals surface area contributed by atoms with Gasteiger partial charge in [-0.1, -0.05) is 48.5 Å². The summed E-state index contributed by atoms with van der Waals surface area (Å²) in [5, 5.41) is 2.92. The van der Waals surface area contributed by atoms with Crippen LogP contribution in [-0.4, -0.2) is 71.9 Å². The fraction of sp³-hybridized carbons (Fsp3) is 0.367. The first-order chi connectivity index (χ1) is 18.9. The molecule has 0 bridgehead atoms. The number of halogens is 2. The minimum absolute atomic E-state index is 0.0705. The van der Waals surface area contributed by atoms with Crippen LogP contribution in [0.15, 0.2) is 72.9 Å². The van der Waals surface area contributed by atoms with Crippen molar-refractivity contribution >= 4 is 11.8 Å². The molecule has 1 saturated carbocycles. The minimum atomic E-state index is -2.81. The van der Waals surface area contributed by atoms with Gasteiger partial charge >= 0.3 is 0 Å². The number of rotatable bonds is 10. The van der Waals surface area contributed by atoms with E-state index < -0.39 is 17.7 Å². The summed E-state index contributed by atoms with van der Waals surface area (Å²) in [4.78, 5) is 32.6. The largest absolute Gasteiger partial charge is 0.492 e. The highest BCUT2D eigenvalue weighted by molar-refractivity contribution is 5.83. The van der Waals surface area contributed by atoms with E-state index >= 15 is 0 Å². The van der Waals surface area contributed by atoms with E-state index in [4.69, 9.17) is 4.74 Å². The predicted molar refractivity (Wildman–Crippen MR) is 143 cm³/mol. The Morgan fingerprint density at radius 3 is 2.28 bits per heavy atom. The smallest absolute Gasteiger partial charge is 0.260 e. The number of benzene rings is 2. The number of pyridine rings is 1. The van der Waals surface area contributed by atoms with Crippen molar-refractivity contribution in [1.29, 1.82) is 0 Å². The first kappa shape index (κ1) is 26.7. The molecule has 5 rings (SSSR count). The highest BCUT2D eigenvalue weighted by Crippen LogP contribution is 2.49. The Labute approximate surface area is 226 Å². The molecule has 0 spiro atoms. The Morgan fingerprint density at radius 2 is 1.64 bits per heavy atom. The summed E-state index contributed by atoms with van der Waals surface area (Å²) in [6.07, 6.45) is 1.68. The molecule has 1 saturated heterocycles. The van der Waals surface area contributed by atoms with Gasteiger partial charge in [0.1, 0.15) is 18.3 Å². The normalized spacial score (nSPS) is 18.4. The summed E-state index contributed by atoms with van der Waals surface area (Å²) < 4.78 is 32.2. The molecule has 9 heteroatoms. The van der Waals surface area contributed by atoms with Crippen LogP contribution in [-0.2, 0) is 22.6 Å². The third kappa shape index (κ3) is 7.17. The van der Waals surface area contributed by atoms with Gasteiger partial charge in [-0.05, 0) is 29.3 Å². The summed E-state index contributed by atoms with van der Waals surface area (Å²) in [6, 6.07) is 21.4. The number of nitrogens with one attached hydrogen (secondary N) is 1. The van der Waals surface area contributed by atoms with Crippen molar-refractivity contribution in [2.24, 2.45) is 5.92 Å². The molecule has 204 valence electrons. The second kappa shape index (κ2) is 11.9. The molecule has 39 heavy (non-hydrogen) atoms. The second-order valence-corrected chi connectivity index (χ2v) is 10.0. The molecule has 1 N–H and O–H groups in total. The van der Waals surface area contributed by atoms with Gasteiger partial charge in [-0.15, -0.1) is 0 Å². The van der Waals surface area contributed by atoms with Gasteiger partial charge in [0, 0.05) is 63.1 Å². The molecule has 0 radical (unpaired) electrons. The molecule has 7 nitrogen and oxygen atoms in total. The van der Waals surface area contributed by atoms with Gasteiger partial charge in [0.15, 0.2) is 0 Å². The second-order valence-electron chi connectivity index (χ2n) is 10.0. The van der Waals surface area contributed by atoms with Crippen LogP contribution in [0, 0.1) is 5.92 Å². The van der Waals surface area contributed by atoms with E-state index in [0.717, 1.165) is 22.4 Å². The average molecular weight is 535 g/mol. The third-order valence-corrected chi connectivity index (χ3v) is 7.17. The number of alkyl halides is 2. The zero-order valence-electron chi connectivity index (χ0n) is 21.7. The van der Waals surface area contributed by atoms with Gasteiger partial charge in [0.05, 0.1) is 6.42 Å². The predicted octanol–water partition coefficient (Wildman–Crippen LogP) is 3.79. The number of carbonyl (C=O) groups excluding carboxylic acids is 2. The molecule has 2 amide bonds. The van der Waals surface area contributed by atoms with Crippen molar-refractivity contribution in [1.82, 2.24) is 20.1 Å². The maximum atomic E-state index is 13.2. The topological polar surface area (TPSA) is 74.8 Å². The monoisotopic (exact) mass is 534 g/mol. The van der Waals surface area contributed by atoms with E-state index in [1.54, 1.807) is 11.1 Å². The quantitative estimate of drug-likeness (QED) is 0.429. The Bertz CT molecular complexity index is 1260. The van der Waals surface area contributed by atoms with E-state index in [9.17, 15) is 18.4 Å². The lowest BCUT2D eigenvalue weighted by molar-refractivity contribution is -0.136. The van der Waals surface area contributed by atoms with Crippen LogP contribution >= 0.6 is 0 Å². The zero-order chi connectivity index (χ0) is 27.2. The molecular formula is C30H32F2N4O3. The summed E-state index contributed by atoms with van der Waals surface area (Å²) in [5.41, 5.74) is 3.71. The molecule has 2 heterocycles. The third-order valence-electron chi connectivity index (χ3n) is 7.17. The fourth-order valence-corrected chi connectivity index (χ4v) is 4.65. The molecule has 1 aliphatic heterocycles. The maximum absolute atomic E-state index is 13.2. The van der Waals surface area contributed by atoms with Gasteiger partial charge in [0.2, 0.25) is 11.8 Å². The van der Waals surface area contributed by atoms with Crippen LogP contribution in [0.25, 0.3) is 11.1 Å². The van der Waals surface area contributed by atoms with Crippen LogP contribution < -0.4 is 10.1 Å². The number of ether oxygens (including phenoxy) is 1. The highest BCUT2D eigenvalue weighted by atomic mass is 19.3. The summed E-state index contributed by atoms with van der Waals surface area (Å²) in [6.45, 7) is 3.96. The van der Waals surface area contributed by atoms with Crippen molar-refractivity contribution in [2.45, 2.75) is 25.3 Å².